The fraction of sp³-hybridized carbons (Fsp3) is 0.875. The van der Waals surface area contributed by atoms with Crippen molar-refractivity contribution in [2.24, 2.45) is 5.16 Å². The van der Waals surface area contributed by atoms with E-state index >= 15 is 0 Å². The maximum absolute atomic E-state index is 4.94. The van der Waals surface area contributed by atoms with Crippen LogP contribution in [0, 0.1) is 0 Å². The van der Waals surface area contributed by atoms with Gasteiger partial charge in [0.2, 0.25) is 0 Å². The van der Waals surface area contributed by atoms with Gasteiger partial charge < -0.3 is 4.84 Å². The Bertz CT molecular complexity index is 110. The smallest absolute Gasteiger partial charge is 0.130 e. The highest BCUT2D eigenvalue weighted by atomic mass is 16.6. The van der Waals surface area contributed by atoms with Gasteiger partial charge in [0.1, 0.15) is 6.10 Å². The maximum atomic E-state index is 4.94. The van der Waals surface area contributed by atoms with E-state index in [1.54, 1.807) is 0 Å². The summed E-state index contributed by atoms with van der Waals surface area (Å²) in [7, 11) is 0. The molecule has 10 heavy (non-hydrogen) atoms. The van der Waals surface area contributed by atoms with Crippen molar-refractivity contribution in [1.82, 2.24) is 0 Å². The molecule has 0 aliphatic carbocycles. The van der Waals surface area contributed by atoms with E-state index in [0.717, 1.165) is 12.8 Å². The molecule has 1 heterocycles. The van der Waals surface area contributed by atoms with E-state index in [4.69, 9.17) is 4.84 Å². The minimum Gasteiger partial charge on any atom is -0.392 e. The molecular weight excluding hydrogens is 126 g/mol. The molecule has 2 heteroatoms. The Morgan fingerprint density at radius 3 is 2.40 bits per heavy atom. The fourth-order valence-corrected chi connectivity index (χ4v) is 0.780. The second-order valence-electron chi connectivity index (χ2n) is 2.13. The van der Waals surface area contributed by atoms with Gasteiger partial charge in [-0.1, -0.05) is 25.9 Å². The van der Waals surface area contributed by atoms with Crippen molar-refractivity contribution in [2.45, 2.75) is 46.6 Å². The molecular formula is C8H17NO. The lowest BCUT2D eigenvalue weighted by Crippen LogP contribution is -1.99. The van der Waals surface area contributed by atoms with Crippen LogP contribution >= 0.6 is 0 Å². The summed E-state index contributed by atoms with van der Waals surface area (Å²) in [5.74, 6) is 0. The van der Waals surface area contributed by atoms with Crippen LogP contribution in [0.2, 0.25) is 0 Å². The molecule has 0 N–H and O–H groups in total. The van der Waals surface area contributed by atoms with Crippen molar-refractivity contribution in [3.63, 3.8) is 0 Å². The summed E-state index contributed by atoms with van der Waals surface area (Å²) in [4.78, 5) is 4.94. The van der Waals surface area contributed by atoms with Crippen LogP contribution in [0.25, 0.3) is 0 Å². The molecule has 0 saturated carbocycles. The van der Waals surface area contributed by atoms with Crippen LogP contribution < -0.4 is 0 Å². The van der Waals surface area contributed by atoms with E-state index in [0.29, 0.717) is 6.10 Å². The molecule has 60 valence electrons. The Morgan fingerprint density at radius 2 is 2.20 bits per heavy atom. The molecule has 2 nitrogen and oxygen atoms in total. The molecule has 1 rings (SSSR count). The number of hydrogen-bond donors (Lipinski definition) is 0. The Balaban J connectivity index is 0.000000371. The van der Waals surface area contributed by atoms with Crippen molar-refractivity contribution in [1.29, 1.82) is 0 Å². The van der Waals surface area contributed by atoms with Crippen LogP contribution in [-0.2, 0) is 4.84 Å². The average Bonchev–Trinajstić information content (AvgIpc) is 2.40. The van der Waals surface area contributed by atoms with Gasteiger partial charge in [0.25, 0.3) is 0 Å². The second kappa shape index (κ2) is 5.27. The predicted molar refractivity (Wildman–Crippen MR) is 44.2 cm³/mol. The number of hydrogen-bond acceptors (Lipinski definition) is 2. The fourth-order valence-electron chi connectivity index (χ4n) is 0.780. The van der Waals surface area contributed by atoms with Crippen LogP contribution in [0.15, 0.2) is 5.16 Å². The summed E-state index contributed by atoms with van der Waals surface area (Å²) in [5, 5.41) is 3.85. The zero-order valence-corrected chi connectivity index (χ0v) is 7.35. The normalized spacial score (nSPS) is 22.4. The Kier molecular flexibility index (Phi) is 4.99. The second-order valence-corrected chi connectivity index (χ2v) is 2.13. The van der Waals surface area contributed by atoms with Gasteiger partial charge >= 0.3 is 0 Å². The quantitative estimate of drug-likeness (QED) is 0.553. The topological polar surface area (TPSA) is 21.6 Å². The lowest BCUT2D eigenvalue weighted by atomic mass is 10.2. The molecule has 0 aromatic carbocycles. The number of oxime groups is 1. The third kappa shape index (κ3) is 2.85. The molecule has 1 unspecified atom stereocenters. The van der Waals surface area contributed by atoms with E-state index in [1.165, 1.54) is 5.71 Å². The van der Waals surface area contributed by atoms with Gasteiger partial charge in [-0.15, -0.1) is 0 Å². The van der Waals surface area contributed by atoms with Crippen LogP contribution in [0.4, 0.5) is 0 Å². The summed E-state index contributed by atoms with van der Waals surface area (Å²) in [6.07, 6.45) is 2.38. The number of rotatable bonds is 1. The predicted octanol–water partition coefficient (Wildman–Crippen LogP) is 2.59. The summed E-state index contributed by atoms with van der Waals surface area (Å²) < 4.78 is 0. The average molecular weight is 143 g/mol. The molecule has 0 amide bonds. The van der Waals surface area contributed by atoms with Gasteiger partial charge in [-0.2, -0.15) is 0 Å². The molecule has 1 aliphatic heterocycles. The van der Waals surface area contributed by atoms with Gasteiger partial charge in [0.15, 0.2) is 0 Å². The van der Waals surface area contributed by atoms with Crippen molar-refractivity contribution in [3.8, 4) is 0 Å². The van der Waals surface area contributed by atoms with Crippen LogP contribution in [0.3, 0.4) is 0 Å². The first-order chi connectivity index (χ1) is 4.83. The van der Waals surface area contributed by atoms with Crippen LogP contribution in [-0.4, -0.2) is 11.8 Å². The zero-order chi connectivity index (χ0) is 7.98. The van der Waals surface area contributed by atoms with Crippen molar-refractivity contribution < 1.29 is 4.84 Å². The largest absolute Gasteiger partial charge is 0.392 e. The molecule has 0 aromatic heterocycles. The standard InChI is InChI=1S/C6H11NO.C2H6/c1-3-6-4-5(2)8-7-6;1-2/h5H,3-4H2,1-2H3;1-2H3. The van der Waals surface area contributed by atoms with Gasteiger partial charge in [0.05, 0.1) is 5.71 Å². The zero-order valence-electron chi connectivity index (χ0n) is 7.35. The molecule has 0 bridgehead atoms. The van der Waals surface area contributed by atoms with E-state index in [-0.39, 0.29) is 0 Å². The first-order valence-electron chi connectivity index (χ1n) is 4.04. The monoisotopic (exact) mass is 143 g/mol. The Labute approximate surface area is 63.3 Å². The third-order valence-corrected chi connectivity index (χ3v) is 1.29. The molecule has 0 spiro atoms. The van der Waals surface area contributed by atoms with Gasteiger partial charge in [0, 0.05) is 6.42 Å². The van der Waals surface area contributed by atoms with E-state index in [9.17, 15) is 0 Å². The van der Waals surface area contributed by atoms with Gasteiger partial charge in [-0.05, 0) is 13.3 Å². The third-order valence-electron chi connectivity index (χ3n) is 1.29. The minimum absolute atomic E-state index is 0.324. The summed E-state index contributed by atoms with van der Waals surface area (Å²) in [5.41, 5.74) is 1.19. The Hall–Kier alpha value is -0.530. The lowest BCUT2D eigenvalue weighted by molar-refractivity contribution is 0.0995. The Morgan fingerprint density at radius 1 is 1.60 bits per heavy atom. The highest BCUT2D eigenvalue weighted by Gasteiger charge is 2.12. The van der Waals surface area contributed by atoms with E-state index in [2.05, 4.69) is 12.1 Å². The van der Waals surface area contributed by atoms with Crippen LogP contribution in [0.1, 0.15) is 40.5 Å². The van der Waals surface area contributed by atoms with Crippen LogP contribution in [0.5, 0.6) is 0 Å². The van der Waals surface area contributed by atoms with Gasteiger partial charge in [-0.25, -0.2) is 0 Å². The van der Waals surface area contributed by atoms with Crippen molar-refractivity contribution in [2.75, 3.05) is 0 Å². The first-order valence-corrected chi connectivity index (χ1v) is 4.04. The molecule has 0 radical (unpaired) electrons. The molecule has 1 aliphatic rings. The SMILES string of the molecule is CC.CCC1=NOC(C)C1. The van der Waals surface area contributed by atoms with E-state index < -0.39 is 0 Å². The highest BCUT2D eigenvalue weighted by Crippen LogP contribution is 2.10. The molecule has 1 atom stereocenters. The summed E-state index contributed by atoms with van der Waals surface area (Å²) in [6.45, 7) is 8.13. The lowest BCUT2D eigenvalue weighted by Gasteiger charge is -1.94. The molecule has 0 aromatic rings. The van der Waals surface area contributed by atoms with Gasteiger partial charge in [-0.3, -0.25) is 0 Å². The summed E-state index contributed by atoms with van der Waals surface area (Å²) >= 11 is 0. The first kappa shape index (κ1) is 9.47. The minimum atomic E-state index is 0.324. The maximum Gasteiger partial charge on any atom is 0.130 e. The van der Waals surface area contributed by atoms with Crippen molar-refractivity contribution in [3.05, 3.63) is 0 Å². The molecule has 0 fully saturated rings. The van der Waals surface area contributed by atoms with E-state index in [1.807, 2.05) is 20.8 Å². The number of nitrogens with zero attached hydrogens (tertiary/aromatic N) is 1. The summed E-state index contributed by atoms with van der Waals surface area (Å²) in [6, 6.07) is 0. The molecule has 0 saturated heterocycles. The van der Waals surface area contributed by atoms with Crippen molar-refractivity contribution >= 4 is 5.71 Å². The highest BCUT2D eigenvalue weighted by molar-refractivity contribution is 5.84.